The molecule has 0 spiro atoms. The van der Waals surface area contributed by atoms with Crippen molar-refractivity contribution in [2.45, 2.75) is 6.18 Å². The quantitative estimate of drug-likeness (QED) is 0.846. The fraction of sp³-hybridized carbons (Fsp3) is 0.333. The van der Waals surface area contributed by atoms with Gasteiger partial charge in [0.2, 0.25) is 0 Å². The predicted octanol–water partition coefficient (Wildman–Crippen LogP) is 2.04. The monoisotopic (exact) mass is 272 g/mol. The summed E-state index contributed by atoms with van der Waals surface area (Å²) >= 11 is 0. The lowest BCUT2D eigenvalue weighted by molar-refractivity contribution is -0.140. The number of hydrogen-bond acceptors (Lipinski definition) is 3. The Morgan fingerprint density at radius 1 is 1.42 bits per heavy atom. The zero-order valence-corrected chi connectivity index (χ0v) is 10.3. The molecule has 0 bridgehead atoms. The fourth-order valence-corrected chi connectivity index (χ4v) is 1.22. The Bertz CT molecular complexity index is 519. The first-order valence-electron chi connectivity index (χ1n) is 5.20. The number of benzene rings is 1. The third kappa shape index (κ3) is 3.88. The maximum absolute atomic E-state index is 12.8. The Labute approximate surface area is 108 Å². The molecule has 0 saturated heterocycles. The highest BCUT2D eigenvalue weighted by Crippen LogP contribution is 2.36. The van der Waals surface area contributed by atoms with Gasteiger partial charge in [0, 0.05) is 14.1 Å². The number of alkyl halides is 3. The van der Waals surface area contributed by atoms with Crippen LogP contribution in [0.1, 0.15) is 11.1 Å². The summed E-state index contributed by atoms with van der Waals surface area (Å²) in [5.41, 5.74) is -1.20. The van der Waals surface area contributed by atoms with Gasteiger partial charge in [-0.05, 0) is 18.2 Å². The van der Waals surface area contributed by atoms with Gasteiger partial charge in [-0.25, -0.2) is 0 Å². The Hall–Kier alpha value is -2.23. The number of rotatable bonds is 3. The molecule has 0 N–H and O–H groups in total. The summed E-state index contributed by atoms with van der Waals surface area (Å²) in [6.07, 6.45) is -4.65. The Kier molecular flexibility index (Phi) is 4.38. The first kappa shape index (κ1) is 14.8. The van der Waals surface area contributed by atoms with Crippen molar-refractivity contribution < 1.29 is 22.7 Å². The highest BCUT2D eigenvalue weighted by atomic mass is 19.4. The van der Waals surface area contributed by atoms with Gasteiger partial charge in [0.15, 0.2) is 6.61 Å². The van der Waals surface area contributed by atoms with E-state index >= 15 is 0 Å². The van der Waals surface area contributed by atoms with Crippen molar-refractivity contribution in [3.05, 3.63) is 29.3 Å². The molecule has 0 saturated carbocycles. The van der Waals surface area contributed by atoms with Crippen molar-refractivity contribution in [2.24, 2.45) is 0 Å². The topological polar surface area (TPSA) is 53.3 Å². The average molecular weight is 272 g/mol. The van der Waals surface area contributed by atoms with Gasteiger partial charge in [0.25, 0.3) is 5.91 Å². The molecule has 0 fully saturated rings. The third-order valence-electron chi connectivity index (χ3n) is 2.26. The van der Waals surface area contributed by atoms with Gasteiger partial charge >= 0.3 is 6.18 Å². The second kappa shape index (κ2) is 5.61. The molecule has 1 aromatic rings. The number of ether oxygens (including phenoxy) is 1. The van der Waals surface area contributed by atoms with Crippen LogP contribution in [0.2, 0.25) is 0 Å². The molecular weight excluding hydrogens is 261 g/mol. The maximum atomic E-state index is 12.8. The highest BCUT2D eigenvalue weighted by molar-refractivity contribution is 5.77. The van der Waals surface area contributed by atoms with Crippen LogP contribution < -0.4 is 4.74 Å². The summed E-state index contributed by atoms with van der Waals surface area (Å²) in [6, 6.07) is 4.54. The summed E-state index contributed by atoms with van der Waals surface area (Å²) in [7, 11) is 2.93. The highest BCUT2D eigenvalue weighted by Gasteiger charge is 2.35. The minimum atomic E-state index is -4.65. The zero-order chi connectivity index (χ0) is 14.6. The predicted molar refractivity (Wildman–Crippen MR) is 60.3 cm³/mol. The van der Waals surface area contributed by atoms with E-state index in [2.05, 4.69) is 0 Å². The normalized spacial score (nSPS) is 10.7. The molecule has 0 aliphatic carbocycles. The van der Waals surface area contributed by atoms with Crippen LogP contribution in [-0.2, 0) is 11.0 Å². The summed E-state index contributed by atoms with van der Waals surface area (Å²) < 4.78 is 43.2. The van der Waals surface area contributed by atoms with Crippen LogP contribution in [0.15, 0.2) is 18.2 Å². The number of halogens is 3. The Morgan fingerprint density at radius 2 is 2.05 bits per heavy atom. The lowest BCUT2D eigenvalue weighted by Crippen LogP contribution is -2.28. The third-order valence-corrected chi connectivity index (χ3v) is 2.26. The lowest BCUT2D eigenvalue weighted by atomic mass is 10.1. The van der Waals surface area contributed by atoms with Crippen molar-refractivity contribution in [3.63, 3.8) is 0 Å². The molecule has 0 aliphatic heterocycles. The summed E-state index contributed by atoms with van der Waals surface area (Å²) in [5.74, 6) is -0.931. The van der Waals surface area contributed by atoms with Gasteiger partial charge < -0.3 is 9.64 Å². The van der Waals surface area contributed by atoms with Crippen LogP contribution in [-0.4, -0.2) is 31.5 Å². The second-order valence-electron chi connectivity index (χ2n) is 3.90. The molecule has 19 heavy (non-hydrogen) atoms. The second-order valence-corrected chi connectivity index (χ2v) is 3.90. The molecule has 0 unspecified atom stereocenters. The van der Waals surface area contributed by atoms with E-state index in [0.29, 0.717) is 6.07 Å². The summed E-state index contributed by atoms with van der Waals surface area (Å²) in [6.45, 7) is -0.498. The molecular formula is C12H11F3N2O2. The molecule has 0 atom stereocenters. The number of hydrogen-bond donors (Lipinski definition) is 0. The Morgan fingerprint density at radius 3 is 2.53 bits per heavy atom. The number of carbonyl (C=O) groups is 1. The maximum Gasteiger partial charge on any atom is 0.420 e. The molecule has 1 rings (SSSR count). The van der Waals surface area contributed by atoms with Crippen LogP contribution in [0.3, 0.4) is 0 Å². The van der Waals surface area contributed by atoms with Gasteiger partial charge in [0.05, 0.1) is 17.2 Å². The number of likely N-dealkylation sites (N-methyl/N-ethyl adjacent to an activating group) is 1. The molecule has 1 amide bonds. The molecule has 0 aliphatic rings. The van der Waals surface area contributed by atoms with Gasteiger partial charge in [-0.15, -0.1) is 0 Å². The van der Waals surface area contributed by atoms with Gasteiger partial charge in [0.1, 0.15) is 5.75 Å². The van der Waals surface area contributed by atoms with E-state index in [4.69, 9.17) is 10.00 Å². The van der Waals surface area contributed by atoms with E-state index in [9.17, 15) is 18.0 Å². The number of nitrogens with zero attached hydrogens (tertiary/aromatic N) is 2. The van der Waals surface area contributed by atoms with Crippen LogP contribution in [0.5, 0.6) is 5.75 Å². The fourth-order valence-electron chi connectivity index (χ4n) is 1.22. The molecule has 102 valence electrons. The van der Waals surface area contributed by atoms with Crippen LogP contribution in [0.25, 0.3) is 0 Å². The van der Waals surface area contributed by atoms with Crippen LogP contribution in [0.4, 0.5) is 13.2 Å². The molecule has 4 nitrogen and oxygen atoms in total. The van der Waals surface area contributed by atoms with Crippen molar-refractivity contribution in [3.8, 4) is 11.8 Å². The molecule has 0 radical (unpaired) electrons. The lowest BCUT2D eigenvalue weighted by Gasteiger charge is -2.15. The minimum Gasteiger partial charge on any atom is -0.483 e. The van der Waals surface area contributed by atoms with E-state index in [1.54, 1.807) is 6.07 Å². The Balaban J connectivity index is 3.01. The van der Waals surface area contributed by atoms with Gasteiger partial charge in [-0.1, -0.05) is 0 Å². The molecule has 1 aromatic carbocycles. The van der Waals surface area contributed by atoms with E-state index in [0.717, 1.165) is 6.07 Å². The van der Waals surface area contributed by atoms with E-state index < -0.39 is 30.0 Å². The first-order chi connectivity index (χ1) is 8.75. The van der Waals surface area contributed by atoms with Crippen molar-refractivity contribution in [2.75, 3.05) is 20.7 Å². The molecule has 0 aromatic heterocycles. The van der Waals surface area contributed by atoms with Crippen molar-refractivity contribution in [1.29, 1.82) is 5.26 Å². The van der Waals surface area contributed by atoms with E-state index in [1.807, 2.05) is 0 Å². The van der Waals surface area contributed by atoms with Crippen LogP contribution in [0, 0.1) is 11.3 Å². The van der Waals surface area contributed by atoms with Gasteiger partial charge in [-0.3, -0.25) is 4.79 Å². The number of amides is 1. The first-order valence-corrected chi connectivity index (χ1v) is 5.20. The number of carbonyl (C=O) groups excluding carboxylic acids is 1. The minimum absolute atomic E-state index is 0.126. The van der Waals surface area contributed by atoms with Crippen molar-refractivity contribution in [1.82, 2.24) is 4.90 Å². The zero-order valence-electron chi connectivity index (χ0n) is 10.3. The van der Waals surface area contributed by atoms with Crippen LogP contribution >= 0.6 is 0 Å². The largest absolute Gasteiger partial charge is 0.483 e. The summed E-state index contributed by atoms with van der Waals surface area (Å²) in [5, 5.41) is 8.59. The van der Waals surface area contributed by atoms with Crippen molar-refractivity contribution >= 4 is 5.91 Å². The number of nitriles is 1. The molecule has 0 heterocycles. The average Bonchev–Trinajstić information content (AvgIpc) is 2.34. The standard InChI is InChI=1S/C12H11F3N2O2/c1-17(2)11(18)7-19-10-4-3-8(6-16)5-9(10)12(13,14)15/h3-5H,7H2,1-2H3. The smallest absolute Gasteiger partial charge is 0.420 e. The van der Waals surface area contributed by atoms with E-state index in [-0.39, 0.29) is 5.56 Å². The van der Waals surface area contributed by atoms with E-state index in [1.165, 1.54) is 25.1 Å². The SMILES string of the molecule is CN(C)C(=O)COc1ccc(C#N)cc1C(F)(F)F. The van der Waals surface area contributed by atoms with Gasteiger partial charge in [-0.2, -0.15) is 18.4 Å². The molecule has 7 heteroatoms. The summed E-state index contributed by atoms with van der Waals surface area (Å²) in [4.78, 5) is 12.5.